The van der Waals surface area contributed by atoms with Gasteiger partial charge in [-0.2, -0.15) is 0 Å². The van der Waals surface area contributed by atoms with Gasteiger partial charge >= 0.3 is 0 Å². The number of nitrogens with two attached hydrogens (primary N) is 1. The summed E-state index contributed by atoms with van der Waals surface area (Å²) in [6.07, 6.45) is 0. The minimum atomic E-state index is 0.421. The number of nitrogens with zero attached hydrogens (tertiary/aromatic N) is 2. The molecule has 0 aliphatic rings. The Labute approximate surface area is 94.1 Å². The number of nitrogen functional groups attached to an aromatic ring is 1. The molecule has 0 bridgehead atoms. The first-order valence-electron chi connectivity index (χ1n) is 5.12. The van der Waals surface area contributed by atoms with Crippen LogP contribution in [0.2, 0.25) is 0 Å². The molecule has 2 rings (SSSR count). The van der Waals surface area contributed by atoms with Crippen LogP contribution in [0.4, 0.5) is 5.82 Å². The summed E-state index contributed by atoms with van der Waals surface area (Å²) in [5, 5.41) is 7.84. The van der Waals surface area contributed by atoms with Crippen molar-refractivity contribution in [1.29, 1.82) is 0 Å². The average molecular weight is 215 g/mol. The molecule has 16 heavy (non-hydrogen) atoms. The lowest BCUT2D eigenvalue weighted by Crippen LogP contribution is -1.95. The van der Waals surface area contributed by atoms with Crippen molar-refractivity contribution in [1.82, 2.24) is 10.2 Å². The van der Waals surface area contributed by atoms with Crippen molar-refractivity contribution in [2.45, 2.75) is 6.92 Å². The minimum Gasteiger partial charge on any atom is -0.494 e. The third kappa shape index (κ3) is 2.28. The van der Waals surface area contributed by atoms with E-state index in [1.54, 1.807) is 6.07 Å². The smallest absolute Gasteiger partial charge is 0.146 e. The van der Waals surface area contributed by atoms with E-state index in [2.05, 4.69) is 10.2 Å². The summed E-state index contributed by atoms with van der Waals surface area (Å²) in [4.78, 5) is 0. The summed E-state index contributed by atoms with van der Waals surface area (Å²) in [7, 11) is 0. The molecule has 0 aliphatic carbocycles. The number of ether oxygens (including phenoxy) is 1. The average Bonchev–Trinajstić information content (AvgIpc) is 2.31. The second-order valence-electron chi connectivity index (χ2n) is 3.30. The van der Waals surface area contributed by atoms with Gasteiger partial charge in [0.1, 0.15) is 11.6 Å². The van der Waals surface area contributed by atoms with Crippen LogP contribution in [-0.4, -0.2) is 16.8 Å². The predicted octanol–water partition coefficient (Wildman–Crippen LogP) is 2.12. The van der Waals surface area contributed by atoms with E-state index in [9.17, 15) is 0 Å². The molecule has 0 aliphatic heterocycles. The van der Waals surface area contributed by atoms with Crippen LogP contribution in [0.5, 0.6) is 5.75 Å². The zero-order valence-electron chi connectivity index (χ0n) is 9.05. The second kappa shape index (κ2) is 4.61. The molecule has 1 aromatic heterocycles. The fraction of sp³-hybridized carbons (Fsp3) is 0.167. The molecule has 0 saturated carbocycles. The van der Waals surface area contributed by atoms with E-state index in [0.717, 1.165) is 17.0 Å². The molecule has 82 valence electrons. The number of aromatic nitrogens is 2. The number of benzene rings is 1. The lowest BCUT2D eigenvalue weighted by atomic mass is 10.1. The largest absolute Gasteiger partial charge is 0.494 e. The van der Waals surface area contributed by atoms with Gasteiger partial charge in [0, 0.05) is 5.56 Å². The molecule has 0 atom stereocenters. The number of rotatable bonds is 3. The van der Waals surface area contributed by atoms with Crippen molar-refractivity contribution in [3.05, 3.63) is 36.4 Å². The Morgan fingerprint density at radius 2 is 2.06 bits per heavy atom. The fourth-order valence-corrected chi connectivity index (χ4v) is 1.41. The van der Waals surface area contributed by atoms with Crippen LogP contribution in [0, 0.1) is 0 Å². The topological polar surface area (TPSA) is 61.0 Å². The highest BCUT2D eigenvalue weighted by Gasteiger charge is 2.01. The molecule has 0 fully saturated rings. The number of hydrogen-bond donors (Lipinski definition) is 1. The molecular formula is C12H13N3O. The summed E-state index contributed by atoms with van der Waals surface area (Å²) in [6.45, 7) is 2.60. The number of hydrogen-bond acceptors (Lipinski definition) is 4. The minimum absolute atomic E-state index is 0.421. The highest BCUT2D eigenvalue weighted by Crippen LogP contribution is 2.21. The van der Waals surface area contributed by atoms with Crippen LogP contribution in [-0.2, 0) is 0 Å². The highest BCUT2D eigenvalue weighted by atomic mass is 16.5. The molecule has 2 aromatic rings. The summed E-state index contributed by atoms with van der Waals surface area (Å²) in [6, 6.07) is 11.3. The maximum atomic E-state index is 5.48. The summed E-state index contributed by atoms with van der Waals surface area (Å²) >= 11 is 0. The van der Waals surface area contributed by atoms with E-state index in [4.69, 9.17) is 10.5 Å². The van der Waals surface area contributed by atoms with Gasteiger partial charge in [0.15, 0.2) is 0 Å². The van der Waals surface area contributed by atoms with Gasteiger partial charge in [0.2, 0.25) is 0 Å². The quantitative estimate of drug-likeness (QED) is 0.851. The Balaban J connectivity index is 2.32. The Bertz CT molecular complexity index is 468. The lowest BCUT2D eigenvalue weighted by molar-refractivity contribution is 0.340. The monoisotopic (exact) mass is 215 g/mol. The van der Waals surface area contributed by atoms with E-state index in [1.165, 1.54) is 0 Å². The van der Waals surface area contributed by atoms with Crippen LogP contribution in [0.1, 0.15) is 6.92 Å². The molecule has 1 aromatic carbocycles. The Kier molecular flexibility index (Phi) is 3.00. The van der Waals surface area contributed by atoms with Crippen LogP contribution in [0.15, 0.2) is 36.4 Å². The first-order chi connectivity index (χ1) is 7.79. The van der Waals surface area contributed by atoms with Crippen molar-refractivity contribution in [3.63, 3.8) is 0 Å². The van der Waals surface area contributed by atoms with Crippen LogP contribution >= 0.6 is 0 Å². The van der Waals surface area contributed by atoms with Crippen molar-refractivity contribution in [2.75, 3.05) is 12.3 Å². The first-order valence-corrected chi connectivity index (χ1v) is 5.12. The summed E-state index contributed by atoms with van der Waals surface area (Å²) in [5.41, 5.74) is 7.24. The van der Waals surface area contributed by atoms with Gasteiger partial charge in [-0.1, -0.05) is 12.1 Å². The fourth-order valence-electron chi connectivity index (χ4n) is 1.41. The third-order valence-electron chi connectivity index (χ3n) is 2.13. The van der Waals surface area contributed by atoms with Crippen LogP contribution < -0.4 is 10.5 Å². The van der Waals surface area contributed by atoms with Crippen LogP contribution in [0.25, 0.3) is 11.3 Å². The maximum Gasteiger partial charge on any atom is 0.146 e. The Morgan fingerprint density at radius 3 is 2.75 bits per heavy atom. The molecular weight excluding hydrogens is 202 g/mol. The molecule has 2 N–H and O–H groups in total. The molecule has 0 saturated heterocycles. The predicted molar refractivity (Wildman–Crippen MR) is 63.0 cm³/mol. The van der Waals surface area contributed by atoms with Crippen LogP contribution in [0.3, 0.4) is 0 Å². The van der Waals surface area contributed by atoms with Gasteiger partial charge in [-0.3, -0.25) is 0 Å². The molecule has 0 radical (unpaired) electrons. The van der Waals surface area contributed by atoms with Gasteiger partial charge < -0.3 is 10.5 Å². The standard InChI is InChI=1S/C12H13N3O/c1-2-16-10-5-3-4-9(8-10)11-6-7-12(13)15-14-11/h3-8H,2H2,1H3,(H2,13,15). The van der Waals surface area contributed by atoms with Gasteiger partial charge in [-0.25, -0.2) is 0 Å². The van der Waals surface area contributed by atoms with Crippen molar-refractivity contribution < 1.29 is 4.74 Å². The van der Waals surface area contributed by atoms with E-state index < -0.39 is 0 Å². The normalized spacial score (nSPS) is 10.1. The summed E-state index contributed by atoms with van der Waals surface area (Å²) < 4.78 is 5.42. The Hall–Kier alpha value is -2.10. The van der Waals surface area contributed by atoms with Gasteiger partial charge in [0.05, 0.1) is 12.3 Å². The maximum absolute atomic E-state index is 5.48. The van der Waals surface area contributed by atoms with Gasteiger partial charge in [-0.05, 0) is 31.2 Å². The third-order valence-corrected chi connectivity index (χ3v) is 2.13. The molecule has 0 amide bonds. The van der Waals surface area contributed by atoms with Gasteiger partial charge in [0.25, 0.3) is 0 Å². The van der Waals surface area contributed by atoms with Crippen molar-refractivity contribution >= 4 is 5.82 Å². The highest BCUT2D eigenvalue weighted by molar-refractivity contribution is 5.61. The molecule has 4 heteroatoms. The van der Waals surface area contributed by atoms with Crippen molar-refractivity contribution in [3.8, 4) is 17.0 Å². The van der Waals surface area contributed by atoms with E-state index >= 15 is 0 Å². The van der Waals surface area contributed by atoms with Crippen molar-refractivity contribution in [2.24, 2.45) is 0 Å². The number of anilines is 1. The van der Waals surface area contributed by atoms with E-state index in [-0.39, 0.29) is 0 Å². The Morgan fingerprint density at radius 1 is 1.19 bits per heavy atom. The summed E-state index contributed by atoms with van der Waals surface area (Å²) in [5.74, 6) is 1.25. The second-order valence-corrected chi connectivity index (χ2v) is 3.30. The lowest BCUT2D eigenvalue weighted by Gasteiger charge is -2.05. The van der Waals surface area contributed by atoms with Gasteiger partial charge in [-0.15, -0.1) is 10.2 Å². The van der Waals surface area contributed by atoms with E-state index in [1.807, 2.05) is 37.3 Å². The zero-order chi connectivity index (χ0) is 11.4. The van der Waals surface area contributed by atoms with E-state index in [0.29, 0.717) is 12.4 Å². The SMILES string of the molecule is CCOc1cccc(-c2ccc(N)nn2)c1. The molecule has 0 unspecified atom stereocenters. The molecule has 0 spiro atoms. The zero-order valence-corrected chi connectivity index (χ0v) is 9.05. The molecule has 1 heterocycles. The first kappa shape index (κ1) is 10.4. The molecule has 4 nitrogen and oxygen atoms in total.